The van der Waals surface area contributed by atoms with E-state index in [1.165, 1.54) is 6.42 Å². The van der Waals surface area contributed by atoms with Gasteiger partial charge in [-0.15, -0.1) is 0 Å². The number of hydrogen-bond donors (Lipinski definition) is 1. The maximum Gasteiger partial charge on any atom is 0.0711 e. The quantitative estimate of drug-likeness (QED) is 0.376. The van der Waals surface area contributed by atoms with Gasteiger partial charge in [-0.1, -0.05) is 20.3 Å². The Morgan fingerprint density at radius 2 is 1.14 bits per heavy atom. The Morgan fingerprint density at radius 1 is 1.14 bits per heavy atom. The molecular formula is C5H16ClN. The molecule has 0 heterocycles. The second-order valence-electron chi connectivity index (χ2n) is 1.21. The summed E-state index contributed by atoms with van der Waals surface area (Å²) in [6, 6.07) is 0. The molecule has 7 heavy (non-hydrogen) atoms. The van der Waals surface area contributed by atoms with Crippen LogP contribution in [0.4, 0.5) is 0 Å². The van der Waals surface area contributed by atoms with Gasteiger partial charge >= 0.3 is 0 Å². The second kappa shape index (κ2) is 34.0. The lowest BCUT2D eigenvalue weighted by Gasteiger charge is -1.49. The van der Waals surface area contributed by atoms with Crippen LogP contribution in [0, 0.1) is 0 Å². The van der Waals surface area contributed by atoms with Gasteiger partial charge in [-0.05, 0) is 6.92 Å². The Balaban J connectivity index is -0.0000000400. The van der Waals surface area contributed by atoms with Crippen molar-refractivity contribution >= 4 is 0 Å². The summed E-state index contributed by atoms with van der Waals surface area (Å²) < 4.78 is 0. The van der Waals surface area contributed by atoms with Crippen molar-refractivity contribution in [3.8, 4) is 0 Å². The van der Waals surface area contributed by atoms with Crippen LogP contribution in [0.25, 0.3) is 0 Å². The van der Waals surface area contributed by atoms with Crippen molar-refractivity contribution in [1.82, 2.24) is 0 Å². The fourth-order valence-corrected chi connectivity index (χ4v) is 0. The SMILES string of the molecule is CCC.CC[NH3+].[Cl-]. The Morgan fingerprint density at radius 3 is 1.14 bits per heavy atom. The Hall–Kier alpha value is 0.250. The Labute approximate surface area is 52.7 Å². The average molecular weight is 126 g/mol. The van der Waals surface area contributed by atoms with Gasteiger partial charge in [0.1, 0.15) is 0 Å². The first-order valence-electron chi connectivity index (χ1n) is 2.62. The van der Waals surface area contributed by atoms with E-state index in [9.17, 15) is 0 Å². The maximum atomic E-state index is 3.49. The first-order valence-corrected chi connectivity index (χ1v) is 2.62. The first kappa shape index (κ1) is 15.7. The van der Waals surface area contributed by atoms with E-state index in [0.717, 1.165) is 6.54 Å². The molecule has 1 nitrogen and oxygen atoms in total. The van der Waals surface area contributed by atoms with Crippen molar-refractivity contribution in [1.29, 1.82) is 0 Å². The van der Waals surface area contributed by atoms with Gasteiger partial charge in [-0.25, -0.2) is 0 Å². The molecule has 0 radical (unpaired) electrons. The number of halogens is 1. The maximum absolute atomic E-state index is 3.49. The van der Waals surface area contributed by atoms with Crippen molar-refractivity contribution in [3.63, 3.8) is 0 Å². The molecule has 0 aromatic carbocycles. The highest BCUT2D eigenvalue weighted by Gasteiger charge is 1.37. The third kappa shape index (κ3) is 1810. The van der Waals surface area contributed by atoms with E-state index in [2.05, 4.69) is 19.6 Å². The molecule has 2 heteroatoms. The summed E-state index contributed by atoms with van der Waals surface area (Å²) >= 11 is 0. The van der Waals surface area contributed by atoms with Crippen LogP contribution in [-0.4, -0.2) is 6.54 Å². The second-order valence-corrected chi connectivity index (χ2v) is 1.21. The van der Waals surface area contributed by atoms with E-state index in [0.29, 0.717) is 0 Å². The Kier molecular flexibility index (Phi) is 76.2. The molecule has 0 aromatic heterocycles. The van der Waals surface area contributed by atoms with Gasteiger partial charge in [0.05, 0.1) is 6.54 Å². The van der Waals surface area contributed by atoms with Crippen LogP contribution in [0.15, 0.2) is 0 Å². The summed E-state index contributed by atoms with van der Waals surface area (Å²) in [4.78, 5) is 0. The van der Waals surface area contributed by atoms with Crippen molar-refractivity contribution < 1.29 is 18.1 Å². The van der Waals surface area contributed by atoms with Gasteiger partial charge in [0.25, 0.3) is 0 Å². The Bertz CT molecular complexity index is 10.0. The van der Waals surface area contributed by atoms with E-state index < -0.39 is 0 Å². The molecule has 0 aliphatic heterocycles. The molecule has 3 N–H and O–H groups in total. The van der Waals surface area contributed by atoms with Gasteiger partial charge in [-0.2, -0.15) is 0 Å². The van der Waals surface area contributed by atoms with Gasteiger partial charge in [0.15, 0.2) is 0 Å². The highest BCUT2D eigenvalue weighted by atomic mass is 35.5. The van der Waals surface area contributed by atoms with E-state index in [-0.39, 0.29) is 12.4 Å². The van der Waals surface area contributed by atoms with Crippen molar-refractivity contribution in [2.75, 3.05) is 6.54 Å². The predicted octanol–water partition coefficient (Wildman–Crippen LogP) is -2.33. The average Bonchev–Trinajstić information content (AvgIpc) is 1.39. The van der Waals surface area contributed by atoms with E-state index in [4.69, 9.17) is 0 Å². The molecule has 0 rings (SSSR count). The normalized spacial score (nSPS) is 5.14. The lowest BCUT2D eigenvalue weighted by atomic mass is 10.6. The molecule has 0 unspecified atom stereocenters. The lowest BCUT2D eigenvalue weighted by molar-refractivity contribution is -0.361. The molecule has 0 amide bonds. The van der Waals surface area contributed by atoms with Gasteiger partial charge < -0.3 is 18.1 Å². The molecule has 48 valence electrons. The summed E-state index contributed by atoms with van der Waals surface area (Å²) in [6.45, 7) is 7.26. The highest BCUT2D eigenvalue weighted by Crippen LogP contribution is 1.56. The van der Waals surface area contributed by atoms with Crippen molar-refractivity contribution in [2.45, 2.75) is 27.2 Å². The largest absolute Gasteiger partial charge is 1.00 e. The predicted molar refractivity (Wildman–Crippen MR) is 29.4 cm³/mol. The third-order valence-electron chi connectivity index (χ3n) is 0. The van der Waals surface area contributed by atoms with E-state index >= 15 is 0 Å². The summed E-state index contributed by atoms with van der Waals surface area (Å²) in [6.07, 6.45) is 1.25. The van der Waals surface area contributed by atoms with Crippen LogP contribution >= 0.6 is 0 Å². The molecule has 0 saturated carbocycles. The summed E-state index contributed by atoms with van der Waals surface area (Å²) in [7, 11) is 0. The van der Waals surface area contributed by atoms with Gasteiger partial charge in [0.2, 0.25) is 0 Å². The molecule has 0 aromatic rings. The summed E-state index contributed by atoms with van der Waals surface area (Å²) in [5.41, 5.74) is 3.49. The van der Waals surface area contributed by atoms with Gasteiger partial charge in [0, 0.05) is 0 Å². The molecule has 0 aliphatic rings. The number of hydrogen-bond acceptors (Lipinski definition) is 0. The molecule has 0 spiro atoms. The zero-order valence-electron chi connectivity index (χ0n) is 5.50. The standard InChI is InChI=1S/C3H8.C2H7N.ClH/c1-3-2;1-2-3;/h3H2,1-2H3;2-3H2,1H3;1H. The zero-order valence-corrected chi connectivity index (χ0v) is 6.26. The summed E-state index contributed by atoms with van der Waals surface area (Å²) in [5, 5.41) is 0. The number of quaternary nitrogens is 1. The summed E-state index contributed by atoms with van der Waals surface area (Å²) in [5.74, 6) is 0. The van der Waals surface area contributed by atoms with Gasteiger partial charge in [-0.3, -0.25) is 0 Å². The molecular weight excluding hydrogens is 110 g/mol. The monoisotopic (exact) mass is 125 g/mol. The minimum absolute atomic E-state index is 0. The first-order chi connectivity index (χ1) is 2.83. The molecule has 0 aliphatic carbocycles. The van der Waals surface area contributed by atoms with Crippen LogP contribution < -0.4 is 18.1 Å². The van der Waals surface area contributed by atoms with Crippen LogP contribution in [0.2, 0.25) is 0 Å². The fourth-order valence-electron chi connectivity index (χ4n) is 0. The minimum atomic E-state index is 0. The third-order valence-corrected chi connectivity index (χ3v) is 0. The fraction of sp³-hybridized carbons (Fsp3) is 1.00. The van der Waals surface area contributed by atoms with Crippen LogP contribution in [0.3, 0.4) is 0 Å². The smallest absolute Gasteiger partial charge is 0.0711 e. The topological polar surface area (TPSA) is 27.6 Å². The van der Waals surface area contributed by atoms with Crippen molar-refractivity contribution in [3.05, 3.63) is 0 Å². The molecule has 0 atom stereocenters. The molecule has 0 bridgehead atoms. The lowest BCUT2D eigenvalue weighted by Crippen LogP contribution is -3.00. The van der Waals surface area contributed by atoms with Crippen molar-refractivity contribution in [2.24, 2.45) is 0 Å². The van der Waals surface area contributed by atoms with E-state index in [1.807, 2.05) is 6.92 Å². The molecule has 0 saturated heterocycles. The van der Waals surface area contributed by atoms with E-state index in [1.54, 1.807) is 0 Å². The van der Waals surface area contributed by atoms with Crippen LogP contribution in [0.5, 0.6) is 0 Å². The van der Waals surface area contributed by atoms with Crippen LogP contribution in [-0.2, 0) is 0 Å². The minimum Gasteiger partial charge on any atom is -1.00 e. The highest BCUT2D eigenvalue weighted by molar-refractivity contribution is 3.92. The van der Waals surface area contributed by atoms with Crippen LogP contribution in [0.1, 0.15) is 27.2 Å². The molecule has 0 fully saturated rings. The number of rotatable bonds is 0. The zero-order chi connectivity index (χ0) is 5.41.